The molecular weight excluding hydrogens is 455 g/mol. The molecule has 2 unspecified atom stereocenters. The zero-order valence-corrected chi connectivity index (χ0v) is 18.7. The topological polar surface area (TPSA) is 81.6 Å². The molecule has 0 saturated heterocycles. The molecule has 0 aliphatic heterocycles. The van der Waals surface area contributed by atoms with E-state index in [4.69, 9.17) is 21.4 Å². The molecule has 0 amide bonds. The van der Waals surface area contributed by atoms with Crippen LogP contribution in [0.3, 0.4) is 0 Å². The summed E-state index contributed by atoms with van der Waals surface area (Å²) in [5.41, 5.74) is 0.591. The van der Waals surface area contributed by atoms with Crippen LogP contribution >= 0.6 is 11.6 Å². The minimum atomic E-state index is -4.71. The van der Waals surface area contributed by atoms with Crippen molar-refractivity contribution in [3.05, 3.63) is 64.2 Å². The van der Waals surface area contributed by atoms with Gasteiger partial charge >= 0.3 is 12.1 Å². The van der Waals surface area contributed by atoms with E-state index < -0.39 is 34.3 Å². The van der Waals surface area contributed by atoms with Crippen LogP contribution in [-0.4, -0.2) is 26.6 Å². The number of carbonyl (C=O) groups is 1. The average molecular weight is 478 g/mol. The van der Waals surface area contributed by atoms with E-state index in [0.717, 1.165) is 6.07 Å². The second-order valence-electron chi connectivity index (χ2n) is 7.83. The molecule has 0 saturated carbocycles. The van der Waals surface area contributed by atoms with E-state index in [1.165, 1.54) is 12.1 Å². The molecule has 0 aromatic heterocycles. The first kappa shape index (κ1) is 25.3. The molecule has 0 heterocycles. The lowest BCUT2D eigenvalue weighted by molar-refractivity contribution is -0.153. The lowest BCUT2D eigenvalue weighted by Gasteiger charge is -2.29. The number of alkyl halides is 3. The number of hydrogen-bond acceptors (Lipinski definition) is 4. The number of para-hydroxylation sites is 1. The second-order valence-corrected chi connectivity index (χ2v) is 10.3. The van der Waals surface area contributed by atoms with E-state index >= 15 is 0 Å². The fourth-order valence-corrected chi connectivity index (χ4v) is 3.75. The summed E-state index contributed by atoms with van der Waals surface area (Å²) in [6.07, 6.45) is -4.96. The maximum Gasteiger partial charge on any atom is 0.412 e. The van der Waals surface area contributed by atoms with Gasteiger partial charge in [-0.05, 0) is 50.1 Å². The van der Waals surface area contributed by atoms with Gasteiger partial charge in [-0.1, -0.05) is 35.9 Å². The Kier molecular flexibility index (Phi) is 8.27. The van der Waals surface area contributed by atoms with Crippen LogP contribution in [0.25, 0.3) is 0 Å². The predicted molar refractivity (Wildman–Crippen MR) is 113 cm³/mol. The first-order chi connectivity index (χ1) is 14.3. The highest BCUT2D eigenvalue weighted by Crippen LogP contribution is 2.36. The Balaban J connectivity index is 2.29. The standard InChI is InChI=1S/C21H23ClF3NO4S/c1-20(2,3)31(29)26-19(21(23,24)25)15-8-13(9-16(22)10-15)12-30-17-7-5-4-6-14(17)11-18(27)28/h4-10,19,26H,11-12H2,1-3H3,(H,27,28). The lowest BCUT2D eigenvalue weighted by atomic mass is 10.0. The van der Waals surface area contributed by atoms with Gasteiger partial charge in [0.1, 0.15) is 17.1 Å². The van der Waals surface area contributed by atoms with Crippen molar-refractivity contribution in [3.8, 4) is 5.75 Å². The number of rotatable bonds is 8. The van der Waals surface area contributed by atoms with Crippen molar-refractivity contribution in [1.82, 2.24) is 4.72 Å². The largest absolute Gasteiger partial charge is 0.598 e. The van der Waals surface area contributed by atoms with Gasteiger partial charge in [-0.15, -0.1) is 4.72 Å². The van der Waals surface area contributed by atoms with Crippen molar-refractivity contribution in [2.75, 3.05) is 0 Å². The van der Waals surface area contributed by atoms with Crippen molar-refractivity contribution < 1.29 is 32.4 Å². The molecule has 2 aromatic carbocycles. The summed E-state index contributed by atoms with van der Waals surface area (Å²) < 4.78 is 60.3. The zero-order valence-electron chi connectivity index (χ0n) is 17.1. The number of ether oxygens (including phenoxy) is 1. The quantitative estimate of drug-likeness (QED) is 0.511. The molecular formula is C21H23ClF3NO4S. The number of carboxylic acids is 1. The van der Waals surface area contributed by atoms with Crippen LogP contribution in [0, 0.1) is 0 Å². The molecule has 2 aromatic rings. The summed E-state index contributed by atoms with van der Waals surface area (Å²) in [5.74, 6) is -0.724. The number of aliphatic carboxylic acids is 1. The first-order valence-electron chi connectivity index (χ1n) is 9.24. The van der Waals surface area contributed by atoms with E-state index in [0.29, 0.717) is 16.9 Å². The summed E-state index contributed by atoms with van der Waals surface area (Å²) >= 11 is 4.08. The summed E-state index contributed by atoms with van der Waals surface area (Å²) in [6, 6.07) is 8.20. The molecule has 0 aliphatic rings. The van der Waals surface area contributed by atoms with Crippen molar-refractivity contribution >= 4 is 28.9 Å². The Hall–Kier alpha value is -1.94. The fraction of sp³-hybridized carbons (Fsp3) is 0.381. The van der Waals surface area contributed by atoms with Gasteiger partial charge in [-0.3, -0.25) is 4.79 Å². The Morgan fingerprint density at radius 3 is 2.45 bits per heavy atom. The zero-order chi connectivity index (χ0) is 23.4. The van der Waals surface area contributed by atoms with Gasteiger partial charge in [0.2, 0.25) is 0 Å². The second kappa shape index (κ2) is 10.1. The number of hydrogen-bond donors (Lipinski definition) is 2. The molecule has 0 fully saturated rings. The number of halogens is 4. The maximum atomic E-state index is 13.7. The highest BCUT2D eigenvalue weighted by molar-refractivity contribution is 7.90. The molecule has 31 heavy (non-hydrogen) atoms. The predicted octanol–water partition coefficient (Wildman–Crippen LogP) is 5.20. The maximum absolute atomic E-state index is 13.7. The van der Waals surface area contributed by atoms with Gasteiger partial charge in [0, 0.05) is 21.9 Å². The SMILES string of the molecule is CC(C)(C)[S+]([O-])NC(c1cc(Cl)cc(COc2ccccc2CC(=O)O)c1)C(F)(F)F. The third-order valence-corrected chi connectivity index (χ3v) is 5.91. The first-order valence-corrected chi connectivity index (χ1v) is 10.8. The van der Waals surface area contributed by atoms with Crippen molar-refractivity contribution in [2.45, 2.75) is 50.8 Å². The molecule has 0 aliphatic carbocycles. The van der Waals surface area contributed by atoms with Gasteiger partial charge in [0.05, 0.1) is 6.42 Å². The normalized spacial score (nSPS) is 14.2. The molecule has 2 rings (SSSR count). The van der Waals surface area contributed by atoms with Crippen LogP contribution in [0.15, 0.2) is 42.5 Å². The molecule has 0 bridgehead atoms. The Morgan fingerprint density at radius 2 is 1.87 bits per heavy atom. The molecule has 0 spiro atoms. The Bertz CT molecular complexity index is 918. The minimum Gasteiger partial charge on any atom is -0.598 e. The van der Waals surface area contributed by atoms with Crippen LogP contribution in [0.5, 0.6) is 5.75 Å². The molecule has 0 radical (unpaired) electrons. The van der Waals surface area contributed by atoms with E-state index in [2.05, 4.69) is 4.72 Å². The minimum absolute atomic E-state index is 0.0625. The number of benzene rings is 2. The van der Waals surface area contributed by atoms with E-state index in [1.54, 1.807) is 45.0 Å². The summed E-state index contributed by atoms with van der Waals surface area (Å²) in [5, 5.41) is 9.07. The monoisotopic (exact) mass is 477 g/mol. The fourth-order valence-electron chi connectivity index (χ4n) is 2.65. The van der Waals surface area contributed by atoms with Crippen LogP contribution in [0.4, 0.5) is 13.2 Å². The highest BCUT2D eigenvalue weighted by atomic mass is 35.5. The molecule has 10 heteroatoms. The van der Waals surface area contributed by atoms with Gasteiger partial charge in [0.25, 0.3) is 0 Å². The van der Waals surface area contributed by atoms with Crippen LogP contribution < -0.4 is 9.46 Å². The molecule has 5 nitrogen and oxygen atoms in total. The van der Waals surface area contributed by atoms with Crippen LogP contribution in [0.2, 0.25) is 5.02 Å². The van der Waals surface area contributed by atoms with Crippen LogP contribution in [-0.2, 0) is 29.2 Å². The highest BCUT2D eigenvalue weighted by Gasteiger charge is 2.45. The summed E-state index contributed by atoms with van der Waals surface area (Å²) in [4.78, 5) is 11.0. The smallest absolute Gasteiger partial charge is 0.412 e. The Morgan fingerprint density at radius 1 is 1.23 bits per heavy atom. The van der Waals surface area contributed by atoms with Crippen LogP contribution in [0.1, 0.15) is 43.5 Å². The third-order valence-electron chi connectivity index (χ3n) is 4.13. The summed E-state index contributed by atoms with van der Waals surface area (Å²) in [7, 11) is 0. The molecule has 2 N–H and O–H groups in total. The van der Waals surface area contributed by atoms with Crippen molar-refractivity contribution in [3.63, 3.8) is 0 Å². The number of carboxylic acid groups (broad SMARTS) is 1. The third kappa shape index (κ3) is 7.60. The van der Waals surface area contributed by atoms with Crippen molar-refractivity contribution in [2.24, 2.45) is 0 Å². The van der Waals surface area contributed by atoms with Gasteiger partial charge in [-0.25, -0.2) is 0 Å². The summed E-state index contributed by atoms with van der Waals surface area (Å²) in [6.45, 7) is 4.57. The molecule has 2 atom stereocenters. The van der Waals surface area contributed by atoms with Gasteiger partial charge in [0.15, 0.2) is 6.04 Å². The van der Waals surface area contributed by atoms with Gasteiger partial charge < -0.3 is 14.4 Å². The lowest BCUT2D eigenvalue weighted by Crippen LogP contribution is -2.45. The average Bonchev–Trinajstić information content (AvgIpc) is 2.62. The van der Waals surface area contributed by atoms with E-state index in [9.17, 15) is 22.5 Å². The Labute approximate surface area is 186 Å². The van der Waals surface area contributed by atoms with Gasteiger partial charge in [-0.2, -0.15) is 13.2 Å². The van der Waals surface area contributed by atoms with E-state index in [-0.39, 0.29) is 23.6 Å². The number of nitrogens with one attached hydrogen (secondary N) is 1. The van der Waals surface area contributed by atoms with E-state index in [1.807, 2.05) is 0 Å². The van der Waals surface area contributed by atoms with Crippen molar-refractivity contribution in [1.29, 1.82) is 0 Å². The molecule has 170 valence electrons.